The maximum absolute atomic E-state index is 15.6. The minimum atomic E-state index is -3.70. The molecule has 1 aliphatic rings. The van der Waals surface area contributed by atoms with E-state index in [1.165, 1.54) is 6.92 Å². The number of rotatable bonds is 9. The van der Waals surface area contributed by atoms with E-state index in [9.17, 15) is 24.0 Å². The molecule has 10 nitrogen and oxygen atoms in total. The molecule has 32 heavy (non-hydrogen) atoms. The summed E-state index contributed by atoms with van der Waals surface area (Å²) < 4.78 is 50.8. The van der Waals surface area contributed by atoms with Gasteiger partial charge in [-0.25, -0.2) is 9.18 Å². The molecule has 1 N–H and O–H groups in total. The van der Waals surface area contributed by atoms with Crippen LogP contribution in [-0.4, -0.2) is 73.1 Å². The fourth-order valence-corrected chi connectivity index (χ4v) is 3.75. The van der Waals surface area contributed by atoms with Crippen LogP contribution in [0.15, 0.2) is 0 Å². The van der Waals surface area contributed by atoms with Crippen molar-refractivity contribution in [1.29, 1.82) is 0 Å². The number of carbonyl (C=O) groups is 5. The summed E-state index contributed by atoms with van der Waals surface area (Å²) in [5, 5.41) is 2.21. The SMILES string of the molecule is CC[C@@H](OC(C)=O)[C@@H](OC(C)=O)C1O[C@@](F)(C(=O)OC)C(F)[C@@H](NC(C)=O)[C@H]1CC(C)=O. The zero-order valence-electron chi connectivity index (χ0n) is 18.8. The summed E-state index contributed by atoms with van der Waals surface area (Å²) in [5.74, 6) is -9.58. The van der Waals surface area contributed by atoms with Crippen LogP contribution in [0.25, 0.3) is 0 Å². The second-order valence-electron chi connectivity index (χ2n) is 7.55. The molecule has 0 bridgehead atoms. The van der Waals surface area contributed by atoms with Crippen LogP contribution in [0.3, 0.4) is 0 Å². The number of nitrogens with one attached hydrogen (secondary N) is 1. The van der Waals surface area contributed by atoms with E-state index in [1.54, 1.807) is 6.92 Å². The number of ether oxygens (including phenoxy) is 4. The van der Waals surface area contributed by atoms with Gasteiger partial charge in [-0.15, -0.1) is 0 Å². The summed E-state index contributed by atoms with van der Waals surface area (Å²) in [6.45, 7) is 5.91. The number of hydrogen-bond donors (Lipinski definition) is 1. The van der Waals surface area contributed by atoms with Crippen LogP contribution in [0.2, 0.25) is 0 Å². The Morgan fingerprint density at radius 3 is 2.03 bits per heavy atom. The zero-order valence-corrected chi connectivity index (χ0v) is 18.8. The van der Waals surface area contributed by atoms with Gasteiger partial charge in [0.15, 0.2) is 12.3 Å². The molecule has 0 aliphatic carbocycles. The lowest BCUT2D eigenvalue weighted by Crippen LogP contribution is -2.69. The van der Waals surface area contributed by atoms with E-state index in [4.69, 9.17) is 14.2 Å². The molecule has 0 spiro atoms. The van der Waals surface area contributed by atoms with Gasteiger partial charge in [0, 0.05) is 33.1 Å². The third kappa shape index (κ3) is 6.44. The van der Waals surface area contributed by atoms with Gasteiger partial charge in [0.25, 0.3) is 0 Å². The number of alkyl halides is 2. The topological polar surface area (TPSA) is 134 Å². The van der Waals surface area contributed by atoms with E-state index >= 15 is 8.78 Å². The van der Waals surface area contributed by atoms with Crippen molar-refractivity contribution in [2.24, 2.45) is 5.92 Å². The summed E-state index contributed by atoms with van der Waals surface area (Å²) >= 11 is 0. The highest BCUT2D eigenvalue weighted by atomic mass is 19.2. The lowest BCUT2D eigenvalue weighted by atomic mass is 9.78. The van der Waals surface area contributed by atoms with Gasteiger partial charge in [-0.05, 0) is 13.3 Å². The molecule has 1 heterocycles. The smallest absolute Gasteiger partial charge is 0.375 e. The van der Waals surface area contributed by atoms with Gasteiger partial charge in [0.05, 0.1) is 13.2 Å². The summed E-state index contributed by atoms with van der Waals surface area (Å²) in [6, 6.07) is -1.73. The Bertz CT molecular complexity index is 729. The third-order valence-electron chi connectivity index (χ3n) is 4.93. The third-order valence-corrected chi connectivity index (χ3v) is 4.93. The first kappa shape index (κ1) is 27.4. The minimum absolute atomic E-state index is 0.0611. The average Bonchev–Trinajstić information content (AvgIpc) is 2.68. The highest BCUT2D eigenvalue weighted by molar-refractivity contribution is 5.80. The molecular formula is C20H29F2NO9. The molecule has 1 aliphatic heterocycles. The first-order valence-electron chi connectivity index (χ1n) is 9.98. The van der Waals surface area contributed by atoms with Crippen LogP contribution in [0.1, 0.15) is 47.5 Å². The van der Waals surface area contributed by atoms with Crippen molar-refractivity contribution >= 4 is 29.6 Å². The first-order chi connectivity index (χ1) is 14.8. The Morgan fingerprint density at radius 2 is 1.62 bits per heavy atom. The van der Waals surface area contributed by atoms with Crippen molar-refractivity contribution in [2.45, 2.75) is 83.8 Å². The van der Waals surface area contributed by atoms with Crippen molar-refractivity contribution in [3.63, 3.8) is 0 Å². The maximum atomic E-state index is 15.6. The van der Waals surface area contributed by atoms with Crippen LogP contribution in [0.5, 0.6) is 0 Å². The minimum Gasteiger partial charge on any atom is -0.465 e. The standard InChI is InChI=1S/C20H29F2NO9/c1-7-14(30-11(4)26)17(31-12(5)27)16-13(8-9(2)24)15(23-10(3)25)18(21)20(22,32-16)19(28)29-6/h13-18H,7-8H2,1-6H3,(H,23,25)/t13-,14-,15+,16?,17-,18?,20-/m1/s1. The Morgan fingerprint density at radius 1 is 1.06 bits per heavy atom. The van der Waals surface area contributed by atoms with Crippen molar-refractivity contribution < 1.29 is 51.7 Å². The summed E-state index contributed by atoms with van der Waals surface area (Å²) in [7, 11) is 0.807. The molecule has 1 fully saturated rings. The van der Waals surface area contributed by atoms with Gasteiger partial charge in [0.2, 0.25) is 5.91 Å². The van der Waals surface area contributed by atoms with Gasteiger partial charge in [0.1, 0.15) is 18.0 Å². The maximum Gasteiger partial charge on any atom is 0.375 e. The number of halogens is 2. The Balaban J connectivity index is 3.68. The van der Waals surface area contributed by atoms with E-state index in [0.717, 1.165) is 27.9 Å². The lowest BCUT2D eigenvalue weighted by Gasteiger charge is -2.48. The molecule has 2 unspecified atom stereocenters. The number of esters is 3. The quantitative estimate of drug-likeness (QED) is 0.390. The number of ketones is 1. The monoisotopic (exact) mass is 465 g/mol. The number of Topliss-reactive ketones (excluding diaryl/α,β-unsaturated/α-hetero) is 1. The molecule has 1 saturated heterocycles. The molecule has 0 saturated carbocycles. The summed E-state index contributed by atoms with van der Waals surface area (Å²) in [6.07, 6.45) is -7.51. The van der Waals surface area contributed by atoms with Crippen LogP contribution in [0, 0.1) is 5.92 Å². The van der Waals surface area contributed by atoms with Crippen molar-refractivity contribution in [1.82, 2.24) is 5.32 Å². The number of amides is 1. The van der Waals surface area contributed by atoms with Gasteiger partial charge >= 0.3 is 23.8 Å². The molecule has 7 atom stereocenters. The largest absolute Gasteiger partial charge is 0.465 e. The Kier molecular flexibility index (Phi) is 9.68. The Labute approximate surface area is 184 Å². The lowest BCUT2D eigenvalue weighted by molar-refractivity contribution is -0.289. The molecule has 182 valence electrons. The van der Waals surface area contributed by atoms with Gasteiger partial charge in [-0.3, -0.25) is 14.4 Å². The van der Waals surface area contributed by atoms with E-state index in [1.807, 2.05) is 0 Å². The van der Waals surface area contributed by atoms with E-state index in [0.29, 0.717) is 0 Å². The second-order valence-corrected chi connectivity index (χ2v) is 7.55. The predicted molar refractivity (Wildman–Crippen MR) is 103 cm³/mol. The van der Waals surface area contributed by atoms with Crippen molar-refractivity contribution in [2.75, 3.05) is 7.11 Å². The molecule has 0 radical (unpaired) electrons. The number of methoxy groups -OCH3 is 1. The number of carbonyl (C=O) groups excluding carboxylic acids is 5. The van der Waals surface area contributed by atoms with E-state index < -0.39 is 78.3 Å². The van der Waals surface area contributed by atoms with Crippen LogP contribution >= 0.6 is 0 Å². The first-order valence-corrected chi connectivity index (χ1v) is 9.98. The van der Waals surface area contributed by atoms with Gasteiger partial charge in [-0.2, -0.15) is 4.39 Å². The van der Waals surface area contributed by atoms with Crippen LogP contribution in [-0.2, 0) is 42.9 Å². The van der Waals surface area contributed by atoms with Crippen molar-refractivity contribution in [3.05, 3.63) is 0 Å². The average molecular weight is 465 g/mol. The second kappa shape index (κ2) is 11.3. The molecule has 0 aromatic carbocycles. The predicted octanol–water partition coefficient (Wildman–Crippen LogP) is 0.935. The molecular weight excluding hydrogens is 436 g/mol. The number of hydrogen-bond acceptors (Lipinski definition) is 9. The molecule has 1 amide bonds. The van der Waals surface area contributed by atoms with Crippen LogP contribution in [0.4, 0.5) is 8.78 Å². The van der Waals surface area contributed by atoms with Gasteiger partial charge < -0.3 is 29.1 Å². The van der Waals surface area contributed by atoms with Crippen LogP contribution < -0.4 is 5.32 Å². The highest BCUT2D eigenvalue weighted by Gasteiger charge is 2.64. The fourth-order valence-electron chi connectivity index (χ4n) is 3.75. The molecule has 0 aromatic heterocycles. The summed E-state index contributed by atoms with van der Waals surface area (Å²) in [5.41, 5.74) is 0. The zero-order chi connectivity index (χ0) is 24.8. The Hall–Kier alpha value is -2.63. The fraction of sp³-hybridized carbons (Fsp3) is 0.750. The highest BCUT2D eigenvalue weighted by Crippen LogP contribution is 2.42. The van der Waals surface area contributed by atoms with E-state index in [2.05, 4.69) is 10.1 Å². The molecule has 0 aromatic rings. The van der Waals surface area contributed by atoms with Gasteiger partial charge in [-0.1, -0.05) is 6.92 Å². The molecule has 12 heteroatoms. The molecule has 1 rings (SSSR count). The van der Waals surface area contributed by atoms with Crippen molar-refractivity contribution in [3.8, 4) is 0 Å². The normalized spacial score (nSPS) is 29.2. The van der Waals surface area contributed by atoms with E-state index in [-0.39, 0.29) is 6.42 Å². The summed E-state index contributed by atoms with van der Waals surface area (Å²) in [4.78, 5) is 59.2.